The molecule has 1 unspecified atom stereocenters. The Balaban J connectivity index is 0.000000307. The Morgan fingerprint density at radius 3 is 2.67 bits per heavy atom. The van der Waals surface area contributed by atoms with Crippen molar-refractivity contribution >= 4 is 23.1 Å². The molecule has 0 aliphatic heterocycles. The number of carbonyl (C=O) groups is 1. The molecule has 24 heavy (non-hydrogen) atoms. The third-order valence-corrected chi connectivity index (χ3v) is 2.96. The van der Waals surface area contributed by atoms with Gasteiger partial charge in [0.05, 0.1) is 19.5 Å². The van der Waals surface area contributed by atoms with Crippen LogP contribution >= 0.6 is 0 Å². The summed E-state index contributed by atoms with van der Waals surface area (Å²) in [5, 5.41) is 16.8. The lowest BCUT2D eigenvalue weighted by Gasteiger charge is -2.07. The summed E-state index contributed by atoms with van der Waals surface area (Å²) >= 11 is 0. The van der Waals surface area contributed by atoms with E-state index in [0.29, 0.717) is 5.65 Å². The third-order valence-electron chi connectivity index (χ3n) is 2.96. The van der Waals surface area contributed by atoms with Gasteiger partial charge in [0, 0.05) is 0 Å². The zero-order valence-electron chi connectivity index (χ0n) is 13.5. The summed E-state index contributed by atoms with van der Waals surface area (Å²) in [6, 6.07) is -0.713. The van der Waals surface area contributed by atoms with Gasteiger partial charge in [-0.15, -0.1) is 0 Å². The summed E-state index contributed by atoms with van der Waals surface area (Å²) in [5.74, 6) is -0.881. The van der Waals surface area contributed by atoms with E-state index in [2.05, 4.69) is 15.0 Å². The van der Waals surface area contributed by atoms with Crippen molar-refractivity contribution in [3.8, 4) is 0 Å². The number of ether oxygens (including phenoxy) is 1. The Morgan fingerprint density at radius 2 is 2.17 bits per heavy atom. The molecule has 0 aromatic carbocycles. The van der Waals surface area contributed by atoms with Gasteiger partial charge in [0.2, 0.25) is 5.95 Å². The van der Waals surface area contributed by atoms with Crippen LogP contribution in [0.1, 0.15) is 13.8 Å². The van der Waals surface area contributed by atoms with Crippen LogP contribution in [0, 0.1) is 5.92 Å². The number of aromatic amines is 1. The number of aliphatic hydroxyl groups is 1. The standard InChI is InChI=1S/C8H11N5O3.C5H11NO2/c9-8-11-6-5(7(15)12-8)10-3-13(6)4-16-2-1-14;1-3(2)4(6)5(7)8/h3,14H,1-2,4H2,(H3,9,11,12,15);3-4H,6H2,1-2H3,(H,7,8). The van der Waals surface area contributed by atoms with Crippen molar-refractivity contribution in [1.29, 1.82) is 0 Å². The number of nitrogen functional groups attached to an aromatic ring is 1. The van der Waals surface area contributed by atoms with Crippen LogP contribution in [0.4, 0.5) is 5.95 Å². The second-order valence-corrected chi connectivity index (χ2v) is 5.21. The average molecular weight is 342 g/mol. The molecule has 0 aliphatic carbocycles. The van der Waals surface area contributed by atoms with E-state index in [1.165, 1.54) is 10.9 Å². The first-order valence-corrected chi connectivity index (χ1v) is 7.15. The molecular weight excluding hydrogens is 320 g/mol. The number of hydrogen-bond donors (Lipinski definition) is 5. The van der Waals surface area contributed by atoms with Gasteiger partial charge in [0.1, 0.15) is 12.8 Å². The SMILES string of the molecule is CC(C)C(N)C(=O)O.Nc1nc2c(ncn2COCCO)c(=O)[nH]1. The molecule has 11 heteroatoms. The second kappa shape index (κ2) is 8.96. The molecule has 0 radical (unpaired) electrons. The summed E-state index contributed by atoms with van der Waals surface area (Å²) < 4.78 is 6.63. The lowest BCUT2D eigenvalue weighted by molar-refractivity contribution is -0.139. The van der Waals surface area contributed by atoms with Crippen LogP contribution < -0.4 is 17.0 Å². The van der Waals surface area contributed by atoms with Gasteiger partial charge in [0.15, 0.2) is 11.2 Å². The Labute approximate surface area is 137 Å². The minimum Gasteiger partial charge on any atom is -0.480 e. The molecule has 0 aliphatic rings. The van der Waals surface area contributed by atoms with E-state index < -0.39 is 12.0 Å². The molecule has 2 aromatic heterocycles. The first-order valence-electron chi connectivity index (χ1n) is 7.15. The molecule has 0 saturated carbocycles. The zero-order chi connectivity index (χ0) is 18.3. The smallest absolute Gasteiger partial charge is 0.320 e. The molecule has 7 N–H and O–H groups in total. The maximum atomic E-state index is 11.4. The molecule has 0 amide bonds. The van der Waals surface area contributed by atoms with Crippen molar-refractivity contribution in [2.24, 2.45) is 11.7 Å². The van der Waals surface area contributed by atoms with E-state index in [9.17, 15) is 9.59 Å². The van der Waals surface area contributed by atoms with Gasteiger partial charge in [-0.1, -0.05) is 13.8 Å². The summed E-state index contributed by atoms with van der Waals surface area (Å²) in [7, 11) is 0. The molecule has 0 saturated heterocycles. The lowest BCUT2D eigenvalue weighted by atomic mass is 10.1. The number of carboxylic acid groups (broad SMARTS) is 1. The van der Waals surface area contributed by atoms with Crippen molar-refractivity contribution in [1.82, 2.24) is 19.5 Å². The quantitative estimate of drug-likeness (QED) is 0.399. The van der Waals surface area contributed by atoms with Crippen molar-refractivity contribution in [2.75, 3.05) is 18.9 Å². The molecule has 2 aromatic rings. The third kappa shape index (κ3) is 5.30. The van der Waals surface area contributed by atoms with Crippen molar-refractivity contribution in [3.05, 3.63) is 16.7 Å². The zero-order valence-corrected chi connectivity index (χ0v) is 13.5. The van der Waals surface area contributed by atoms with Gasteiger partial charge in [-0.2, -0.15) is 4.98 Å². The molecular formula is C13H22N6O5. The summed E-state index contributed by atoms with van der Waals surface area (Å²) in [6.07, 6.45) is 1.43. The van der Waals surface area contributed by atoms with Gasteiger partial charge >= 0.3 is 5.97 Å². The molecule has 2 heterocycles. The number of H-pyrrole nitrogens is 1. The Hall–Kier alpha value is -2.50. The lowest BCUT2D eigenvalue weighted by Crippen LogP contribution is -2.34. The van der Waals surface area contributed by atoms with Gasteiger partial charge in [0.25, 0.3) is 5.56 Å². The van der Waals surface area contributed by atoms with Crippen LogP contribution in [0.25, 0.3) is 11.2 Å². The number of nitrogens with two attached hydrogens (primary N) is 2. The monoisotopic (exact) mass is 342 g/mol. The number of aromatic nitrogens is 4. The van der Waals surface area contributed by atoms with Gasteiger partial charge in [-0.05, 0) is 5.92 Å². The van der Waals surface area contributed by atoms with E-state index in [-0.39, 0.29) is 42.9 Å². The normalized spacial score (nSPS) is 12.0. The molecule has 0 fully saturated rings. The number of fused-ring (bicyclic) bond motifs is 1. The number of nitrogens with zero attached hydrogens (tertiary/aromatic N) is 3. The predicted octanol–water partition coefficient (Wildman–Crippen LogP) is -1.28. The fourth-order valence-corrected chi connectivity index (χ4v) is 1.58. The fraction of sp³-hybridized carbons (Fsp3) is 0.538. The molecule has 134 valence electrons. The highest BCUT2D eigenvalue weighted by Gasteiger charge is 2.14. The minimum atomic E-state index is -0.931. The molecule has 1 atom stereocenters. The first-order chi connectivity index (χ1) is 11.3. The summed E-state index contributed by atoms with van der Waals surface area (Å²) in [4.78, 5) is 31.6. The van der Waals surface area contributed by atoms with Crippen LogP contribution in [0.3, 0.4) is 0 Å². The molecule has 2 rings (SSSR count). The highest BCUT2D eigenvalue weighted by Crippen LogP contribution is 2.06. The van der Waals surface area contributed by atoms with E-state index in [0.717, 1.165) is 0 Å². The largest absolute Gasteiger partial charge is 0.480 e. The summed E-state index contributed by atoms with van der Waals surface area (Å²) in [6.45, 7) is 3.85. The van der Waals surface area contributed by atoms with Crippen molar-refractivity contribution in [2.45, 2.75) is 26.6 Å². The van der Waals surface area contributed by atoms with E-state index in [1.54, 1.807) is 13.8 Å². The molecule has 0 bridgehead atoms. The highest BCUT2D eigenvalue weighted by atomic mass is 16.5. The number of anilines is 1. The second-order valence-electron chi connectivity index (χ2n) is 5.21. The van der Waals surface area contributed by atoms with Crippen molar-refractivity contribution in [3.63, 3.8) is 0 Å². The van der Waals surface area contributed by atoms with Crippen LogP contribution in [0.15, 0.2) is 11.1 Å². The first kappa shape index (κ1) is 19.5. The number of aliphatic carboxylic acids is 1. The van der Waals surface area contributed by atoms with Crippen LogP contribution in [0.5, 0.6) is 0 Å². The maximum absolute atomic E-state index is 11.4. The van der Waals surface area contributed by atoms with Gasteiger partial charge < -0.3 is 26.4 Å². The predicted molar refractivity (Wildman–Crippen MR) is 86.0 cm³/mol. The number of imidazole rings is 1. The number of hydrogen-bond acceptors (Lipinski definition) is 8. The summed E-state index contributed by atoms with van der Waals surface area (Å²) in [5.41, 5.74) is 10.8. The highest BCUT2D eigenvalue weighted by molar-refractivity contribution is 5.73. The number of carboxylic acids is 1. The Morgan fingerprint density at radius 1 is 1.50 bits per heavy atom. The fourth-order valence-electron chi connectivity index (χ4n) is 1.58. The Kier molecular flexibility index (Phi) is 7.30. The molecule has 0 spiro atoms. The van der Waals surface area contributed by atoms with E-state index >= 15 is 0 Å². The molecule has 11 nitrogen and oxygen atoms in total. The maximum Gasteiger partial charge on any atom is 0.320 e. The van der Waals surface area contributed by atoms with E-state index in [4.69, 9.17) is 26.4 Å². The Bertz CT molecular complexity index is 725. The number of aliphatic hydroxyl groups excluding tert-OH is 1. The topological polar surface area (TPSA) is 182 Å². The minimum absolute atomic E-state index is 0.0208. The van der Waals surface area contributed by atoms with Crippen LogP contribution in [-0.4, -0.2) is 55.0 Å². The average Bonchev–Trinajstić information content (AvgIpc) is 2.90. The number of rotatable bonds is 6. The van der Waals surface area contributed by atoms with Crippen LogP contribution in [0.2, 0.25) is 0 Å². The van der Waals surface area contributed by atoms with Gasteiger partial charge in [-0.3, -0.25) is 19.1 Å². The van der Waals surface area contributed by atoms with Gasteiger partial charge in [-0.25, -0.2) is 4.98 Å². The van der Waals surface area contributed by atoms with Crippen molar-refractivity contribution < 1.29 is 19.7 Å². The van der Waals surface area contributed by atoms with Crippen LogP contribution in [-0.2, 0) is 16.3 Å². The van der Waals surface area contributed by atoms with E-state index in [1.807, 2.05) is 0 Å². The number of nitrogens with one attached hydrogen (secondary N) is 1.